The molecule has 0 unspecified atom stereocenters. The van der Waals surface area contributed by atoms with Crippen LogP contribution in [0, 0.1) is 13.8 Å². The van der Waals surface area contributed by atoms with Crippen molar-refractivity contribution in [3.05, 3.63) is 17.0 Å². The average Bonchev–Trinajstić information content (AvgIpc) is 2.53. The lowest BCUT2D eigenvalue weighted by Crippen LogP contribution is -2.47. The number of hydrogen-bond donors (Lipinski definition) is 2. The third-order valence-electron chi connectivity index (χ3n) is 3.73. The first-order valence-electron chi connectivity index (χ1n) is 5.93. The van der Waals surface area contributed by atoms with E-state index in [9.17, 15) is 0 Å². The molecule has 2 N–H and O–H groups in total. The van der Waals surface area contributed by atoms with Crippen molar-refractivity contribution in [2.45, 2.75) is 45.3 Å². The maximum atomic E-state index is 5.57. The zero-order valence-electron chi connectivity index (χ0n) is 10.4. The van der Waals surface area contributed by atoms with Crippen LogP contribution in [0.2, 0.25) is 0 Å². The van der Waals surface area contributed by atoms with Gasteiger partial charge in [0.05, 0.1) is 11.3 Å². The monoisotopic (exact) mass is 223 g/mol. The van der Waals surface area contributed by atoms with E-state index >= 15 is 0 Å². The molecule has 0 bridgehead atoms. The van der Waals surface area contributed by atoms with Crippen molar-refractivity contribution in [2.75, 3.05) is 13.7 Å². The normalized spacial score (nSPS) is 18.4. The molecule has 1 aliphatic rings. The van der Waals surface area contributed by atoms with E-state index in [2.05, 4.69) is 22.4 Å². The molecule has 0 aromatic carbocycles. The van der Waals surface area contributed by atoms with Gasteiger partial charge in [0.25, 0.3) is 0 Å². The van der Waals surface area contributed by atoms with Gasteiger partial charge in [-0.05, 0) is 33.1 Å². The molecule has 1 aliphatic carbocycles. The van der Waals surface area contributed by atoms with Crippen LogP contribution in [-0.4, -0.2) is 29.5 Å². The van der Waals surface area contributed by atoms with Crippen LogP contribution in [0.25, 0.3) is 0 Å². The summed E-state index contributed by atoms with van der Waals surface area (Å²) in [7, 11) is 1.81. The minimum Gasteiger partial charge on any atom is -0.377 e. The zero-order valence-corrected chi connectivity index (χ0v) is 10.4. The first kappa shape index (κ1) is 11.6. The second-order valence-corrected chi connectivity index (χ2v) is 4.76. The number of aromatic amines is 1. The standard InChI is InChI=1S/C12H21N3O/c1-9-11(10(2)15-14-9)7-13-8-12(16-3)5-4-6-12/h13H,4-8H2,1-3H3,(H,14,15). The lowest BCUT2D eigenvalue weighted by Gasteiger charge is -2.40. The van der Waals surface area contributed by atoms with Crippen LogP contribution in [0.4, 0.5) is 0 Å². The smallest absolute Gasteiger partial charge is 0.0802 e. The first-order valence-corrected chi connectivity index (χ1v) is 5.93. The van der Waals surface area contributed by atoms with Crippen LogP contribution in [0.5, 0.6) is 0 Å². The Kier molecular flexibility index (Phi) is 3.30. The molecule has 0 atom stereocenters. The molecule has 4 nitrogen and oxygen atoms in total. The van der Waals surface area contributed by atoms with E-state index in [1.807, 2.05) is 14.0 Å². The molecule has 1 fully saturated rings. The van der Waals surface area contributed by atoms with Crippen molar-refractivity contribution >= 4 is 0 Å². The van der Waals surface area contributed by atoms with E-state index in [1.54, 1.807) is 0 Å². The summed E-state index contributed by atoms with van der Waals surface area (Å²) in [4.78, 5) is 0. The van der Waals surface area contributed by atoms with Gasteiger partial charge in [0.15, 0.2) is 0 Å². The van der Waals surface area contributed by atoms with Crippen molar-refractivity contribution in [3.8, 4) is 0 Å². The molecule has 0 spiro atoms. The van der Waals surface area contributed by atoms with E-state index in [4.69, 9.17) is 4.74 Å². The molecule has 0 saturated heterocycles. The summed E-state index contributed by atoms with van der Waals surface area (Å²) in [6, 6.07) is 0. The van der Waals surface area contributed by atoms with Crippen LogP contribution < -0.4 is 5.32 Å². The molecule has 90 valence electrons. The molecule has 1 aromatic rings. The average molecular weight is 223 g/mol. The molecule has 0 amide bonds. The molecular formula is C12H21N3O. The Hall–Kier alpha value is -0.870. The van der Waals surface area contributed by atoms with Crippen molar-refractivity contribution in [1.29, 1.82) is 0 Å². The van der Waals surface area contributed by atoms with E-state index in [0.717, 1.165) is 24.5 Å². The number of H-pyrrole nitrogens is 1. The summed E-state index contributed by atoms with van der Waals surface area (Å²) < 4.78 is 5.57. The Morgan fingerprint density at radius 3 is 2.62 bits per heavy atom. The van der Waals surface area contributed by atoms with E-state index < -0.39 is 0 Å². The summed E-state index contributed by atoms with van der Waals surface area (Å²) in [6.07, 6.45) is 3.65. The van der Waals surface area contributed by atoms with Crippen LogP contribution in [0.3, 0.4) is 0 Å². The van der Waals surface area contributed by atoms with Gasteiger partial charge in [0.1, 0.15) is 0 Å². The second-order valence-electron chi connectivity index (χ2n) is 4.76. The number of hydrogen-bond acceptors (Lipinski definition) is 3. The van der Waals surface area contributed by atoms with Gasteiger partial charge >= 0.3 is 0 Å². The molecule has 1 heterocycles. The minimum absolute atomic E-state index is 0.103. The minimum atomic E-state index is 0.103. The first-order chi connectivity index (χ1) is 7.67. The number of aromatic nitrogens is 2. The molecule has 2 rings (SSSR count). The maximum Gasteiger partial charge on any atom is 0.0802 e. The number of aryl methyl sites for hydroxylation is 2. The fraction of sp³-hybridized carbons (Fsp3) is 0.750. The highest BCUT2D eigenvalue weighted by atomic mass is 16.5. The highest BCUT2D eigenvalue weighted by molar-refractivity contribution is 5.22. The number of methoxy groups -OCH3 is 1. The Balaban J connectivity index is 1.84. The summed E-state index contributed by atoms with van der Waals surface area (Å²) >= 11 is 0. The predicted octanol–water partition coefficient (Wildman–Crippen LogP) is 1.69. The Labute approximate surface area is 96.8 Å². The van der Waals surface area contributed by atoms with Gasteiger partial charge in [-0.1, -0.05) is 0 Å². The Morgan fingerprint density at radius 2 is 2.19 bits per heavy atom. The fourth-order valence-electron chi connectivity index (χ4n) is 2.27. The lowest BCUT2D eigenvalue weighted by atomic mass is 9.80. The predicted molar refractivity (Wildman–Crippen MR) is 63.4 cm³/mol. The molecule has 4 heteroatoms. The van der Waals surface area contributed by atoms with Crippen molar-refractivity contribution in [1.82, 2.24) is 15.5 Å². The van der Waals surface area contributed by atoms with E-state index in [1.165, 1.54) is 24.8 Å². The summed E-state index contributed by atoms with van der Waals surface area (Å²) in [6.45, 7) is 5.91. The van der Waals surface area contributed by atoms with Crippen LogP contribution >= 0.6 is 0 Å². The molecule has 0 radical (unpaired) electrons. The van der Waals surface area contributed by atoms with E-state index in [-0.39, 0.29) is 5.60 Å². The Bertz CT molecular complexity index is 330. The molecule has 1 aromatic heterocycles. The molecule has 1 saturated carbocycles. The third-order valence-corrected chi connectivity index (χ3v) is 3.73. The van der Waals surface area contributed by atoms with Crippen LogP contribution in [-0.2, 0) is 11.3 Å². The number of ether oxygens (including phenoxy) is 1. The second kappa shape index (κ2) is 4.55. The van der Waals surface area contributed by atoms with Gasteiger partial charge in [0.2, 0.25) is 0 Å². The molecule has 16 heavy (non-hydrogen) atoms. The highest BCUT2D eigenvalue weighted by Crippen LogP contribution is 2.34. The van der Waals surface area contributed by atoms with Gasteiger partial charge in [0, 0.05) is 31.5 Å². The SMILES string of the molecule is COC1(CNCc2c(C)n[nH]c2C)CCC1. The summed E-state index contributed by atoms with van der Waals surface area (Å²) in [5, 5.41) is 10.7. The number of nitrogens with one attached hydrogen (secondary N) is 2. The molecule has 0 aliphatic heterocycles. The zero-order chi connectivity index (χ0) is 11.6. The number of rotatable bonds is 5. The third kappa shape index (κ3) is 2.13. The van der Waals surface area contributed by atoms with Gasteiger partial charge in [-0.3, -0.25) is 5.10 Å². The quantitative estimate of drug-likeness (QED) is 0.798. The van der Waals surface area contributed by atoms with Crippen LogP contribution in [0.15, 0.2) is 0 Å². The summed E-state index contributed by atoms with van der Waals surface area (Å²) in [5.74, 6) is 0. The fourth-order valence-corrected chi connectivity index (χ4v) is 2.27. The number of nitrogens with zero attached hydrogens (tertiary/aromatic N) is 1. The van der Waals surface area contributed by atoms with Gasteiger partial charge in [-0.25, -0.2) is 0 Å². The summed E-state index contributed by atoms with van der Waals surface area (Å²) in [5.41, 5.74) is 3.63. The van der Waals surface area contributed by atoms with Gasteiger partial charge in [-0.2, -0.15) is 5.10 Å². The van der Waals surface area contributed by atoms with E-state index in [0.29, 0.717) is 0 Å². The van der Waals surface area contributed by atoms with Gasteiger partial charge in [-0.15, -0.1) is 0 Å². The van der Waals surface area contributed by atoms with Crippen molar-refractivity contribution < 1.29 is 4.74 Å². The molecular weight excluding hydrogens is 202 g/mol. The Morgan fingerprint density at radius 1 is 1.44 bits per heavy atom. The topological polar surface area (TPSA) is 49.9 Å². The van der Waals surface area contributed by atoms with Crippen molar-refractivity contribution in [3.63, 3.8) is 0 Å². The van der Waals surface area contributed by atoms with Crippen molar-refractivity contribution in [2.24, 2.45) is 0 Å². The maximum absolute atomic E-state index is 5.57. The van der Waals surface area contributed by atoms with Crippen LogP contribution in [0.1, 0.15) is 36.2 Å². The highest BCUT2D eigenvalue weighted by Gasteiger charge is 2.36. The largest absolute Gasteiger partial charge is 0.377 e. The van der Waals surface area contributed by atoms with Gasteiger partial charge < -0.3 is 10.1 Å². The lowest BCUT2D eigenvalue weighted by molar-refractivity contribution is -0.0695.